The van der Waals surface area contributed by atoms with E-state index in [4.69, 9.17) is 4.42 Å². The summed E-state index contributed by atoms with van der Waals surface area (Å²) in [5.74, 6) is 0. The molecule has 0 saturated carbocycles. The van der Waals surface area contributed by atoms with Gasteiger partial charge < -0.3 is 4.42 Å². The van der Waals surface area contributed by atoms with Crippen molar-refractivity contribution in [3.05, 3.63) is 182 Å². The van der Waals surface area contributed by atoms with Gasteiger partial charge in [0.25, 0.3) is 0 Å². The maximum Gasteiger partial charge on any atom is 0.135 e. The summed E-state index contributed by atoms with van der Waals surface area (Å²) in [4.78, 5) is 0. The highest BCUT2D eigenvalue weighted by Gasteiger charge is 2.19. The van der Waals surface area contributed by atoms with Gasteiger partial charge in [0.2, 0.25) is 0 Å². The third-order valence-electron chi connectivity index (χ3n) is 12.1. The van der Waals surface area contributed by atoms with Gasteiger partial charge in [0.15, 0.2) is 0 Å². The Hall–Kier alpha value is -6.78. The fourth-order valence-corrected chi connectivity index (χ4v) is 11.9. The first kappa shape index (κ1) is 31.4. The third kappa shape index (κ3) is 4.56. The van der Waals surface area contributed by atoms with E-state index < -0.39 is 0 Å². The summed E-state index contributed by atoms with van der Waals surface area (Å²) in [6.07, 6.45) is 0. The Morgan fingerprint density at radius 3 is 1.58 bits per heavy atom. The Balaban J connectivity index is 0.959. The average molecular weight is 759 g/mol. The van der Waals surface area contributed by atoms with Gasteiger partial charge in [-0.2, -0.15) is 0 Å². The predicted octanol–water partition coefficient (Wildman–Crippen LogP) is 16.8. The van der Waals surface area contributed by atoms with Gasteiger partial charge in [-0.3, -0.25) is 0 Å². The summed E-state index contributed by atoms with van der Waals surface area (Å²) in [5.41, 5.74) is 9.22. The highest BCUT2D eigenvalue weighted by Crippen LogP contribution is 2.48. The Morgan fingerprint density at radius 2 is 0.825 bits per heavy atom. The van der Waals surface area contributed by atoms with Crippen LogP contribution in [0.15, 0.2) is 186 Å². The van der Waals surface area contributed by atoms with E-state index in [1.165, 1.54) is 106 Å². The molecule has 0 aliphatic carbocycles. The normalized spacial score (nSPS) is 12.2. The number of fused-ring (bicyclic) bond motifs is 14. The van der Waals surface area contributed by atoms with Gasteiger partial charge in [-0.25, -0.2) is 0 Å². The van der Waals surface area contributed by atoms with Crippen molar-refractivity contribution in [1.82, 2.24) is 0 Å². The molecule has 13 rings (SSSR count). The smallest absolute Gasteiger partial charge is 0.135 e. The topological polar surface area (TPSA) is 13.1 Å². The molecular formula is C54H30OS2. The fourth-order valence-electron chi connectivity index (χ4n) is 9.50. The van der Waals surface area contributed by atoms with Crippen LogP contribution in [0.1, 0.15) is 0 Å². The molecule has 13 aromatic rings. The first-order chi connectivity index (χ1) is 28.2. The molecule has 0 N–H and O–H groups in total. The van der Waals surface area contributed by atoms with E-state index in [2.05, 4.69) is 170 Å². The van der Waals surface area contributed by atoms with E-state index >= 15 is 0 Å². The Morgan fingerprint density at radius 1 is 0.298 bits per heavy atom. The second-order valence-electron chi connectivity index (χ2n) is 15.1. The van der Waals surface area contributed by atoms with Crippen LogP contribution in [0, 0.1) is 0 Å². The predicted molar refractivity (Wildman–Crippen MR) is 248 cm³/mol. The van der Waals surface area contributed by atoms with Gasteiger partial charge >= 0.3 is 0 Å². The van der Waals surface area contributed by atoms with Gasteiger partial charge in [-0.05, 0) is 103 Å². The first-order valence-electron chi connectivity index (χ1n) is 19.4. The summed E-state index contributed by atoms with van der Waals surface area (Å²) in [5, 5.41) is 15.4. The highest BCUT2D eigenvalue weighted by atomic mass is 32.1. The first-order valence-corrected chi connectivity index (χ1v) is 21.0. The van der Waals surface area contributed by atoms with Crippen molar-refractivity contribution >= 4 is 117 Å². The van der Waals surface area contributed by atoms with Crippen LogP contribution < -0.4 is 0 Å². The zero-order valence-electron chi connectivity index (χ0n) is 30.5. The van der Waals surface area contributed by atoms with Crippen molar-refractivity contribution in [2.24, 2.45) is 0 Å². The summed E-state index contributed by atoms with van der Waals surface area (Å²) >= 11 is 3.82. The number of furan rings is 1. The second-order valence-corrected chi connectivity index (χ2v) is 17.3. The van der Waals surface area contributed by atoms with Crippen molar-refractivity contribution in [2.45, 2.75) is 0 Å². The minimum Gasteiger partial charge on any atom is -0.456 e. The van der Waals surface area contributed by atoms with Crippen LogP contribution in [0.3, 0.4) is 0 Å². The maximum absolute atomic E-state index is 6.21. The molecule has 10 aromatic carbocycles. The molecule has 0 saturated heterocycles. The molecule has 3 aromatic heterocycles. The SMILES string of the molecule is c1ccc2c(c1)oc1ccc(-c3c4ccccc4c(-c4ccc(-c5ccc6ccc7c(sc8ccc9sc%10ccccc%10c9c87)c6c5)cc4)c4ccccc34)cc12. The number of thiophene rings is 2. The Bertz CT molecular complexity index is 3750. The molecular weight excluding hydrogens is 729 g/mol. The van der Waals surface area contributed by atoms with E-state index in [0.29, 0.717) is 0 Å². The van der Waals surface area contributed by atoms with Crippen molar-refractivity contribution in [2.75, 3.05) is 0 Å². The molecule has 0 bridgehead atoms. The van der Waals surface area contributed by atoms with Crippen molar-refractivity contribution in [3.8, 4) is 33.4 Å². The zero-order valence-corrected chi connectivity index (χ0v) is 32.2. The quantitative estimate of drug-likeness (QED) is 0.164. The van der Waals surface area contributed by atoms with Crippen LogP contribution in [0.25, 0.3) is 128 Å². The van der Waals surface area contributed by atoms with Crippen LogP contribution in [0.4, 0.5) is 0 Å². The molecule has 0 radical (unpaired) electrons. The second kappa shape index (κ2) is 11.9. The minimum absolute atomic E-state index is 0.915. The largest absolute Gasteiger partial charge is 0.456 e. The average Bonchev–Trinajstić information content (AvgIpc) is 3.96. The Kier molecular flexibility index (Phi) is 6.54. The van der Waals surface area contributed by atoms with Gasteiger partial charge in [0.1, 0.15) is 11.2 Å². The summed E-state index contributed by atoms with van der Waals surface area (Å²) in [6, 6.07) is 67.1. The Labute approximate surface area is 335 Å². The van der Waals surface area contributed by atoms with E-state index in [1.807, 2.05) is 34.8 Å². The number of benzene rings is 10. The van der Waals surface area contributed by atoms with Gasteiger partial charge in [-0.1, -0.05) is 140 Å². The standard InChI is InChI=1S/C54H30OS2/c1-3-12-39-37(10-1)50(38-11-2-4-13-40(38)51(39)35-24-26-46-44(30-35)36-9-5-7-15-45(36)55-46)33-20-17-31(18-21-33)34-22-19-32-23-25-42-53-49(57-54(42)43(32)29-34)28-27-48-52(53)41-14-6-8-16-47(41)56-48/h1-30H. The van der Waals surface area contributed by atoms with Gasteiger partial charge in [-0.15, -0.1) is 22.7 Å². The molecule has 3 heterocycles. The van der Waals surface area contributed by atoms with Gasteiger partial charge in [0, 0.05) is 56.5 Å². The van der Waals surface area contributed by atoms with Crippen LogP contribution >= 0.6 is 22.7 Å². The van der Waals surface area contributed by atoms with Crippen LogP contribution in [-0.4, -0.2) is 0 Å². The van der Waals surface area contributed by atoms with Crippen LogP contribution in [0.2, 0.25) is 0 Å². The molecule has 3 heteroatoms. The summed E-state index contributed by atoms with van der Waals surface area (Å²) in [6.45, 7) is 0. The van der Waals surface area contributed by atoms with E-state index in [9.17, 15) is 0 Å². The van der Waals surface area contributed by atoms with Crippen molar-refractivity contribution in [1.29, 1.82) is 0 Å². The minimum atomic E-state index is 0.915. The molecule has 264 valence electrons. The number of para-hydroxylation sites is 1. The molecule has 57 heavy (non-hydrogen) atoms. The zero-order chi connectivity index (χ0) is 37.2. The molecule has 0 unspecified atom stereocenters. The van der Waals surface area contributed by atoms with Crippen LogP contribution in [0.5, 0.6) is 0 Å². The molecule has 0 fully saturated rings. The molecule has 1 nitrogen and oxygen atoms in total. The molecule has 0 aliphatic heterocycles. The highest BCUT2D eigenvalue weighted by molar-refractivity contribution is 7.28. The monoisotopic (exact) mass is 758 g/mol. The number of hydrogen-bond acceptors (Lipinski definition) is 3. The van der Waals surface area contributed by atoms with Crippen molar-refractivity contribution < 1.29 is 4.42 Å². The van der Waals surface area contributed by atoms with Crippen molar-refractivity contribution in [3.63, 3.8) is 0 Å². The lowest BCUT2D eigenvalue weighted by Crippen LogP contribution is -1.91. The fraction of sp³-hybridized carbons (Fsp3) is 0. The lowest BCUT2D eigenvalue weighted by molar-refractivity contribution is 0.669. The van der Waals surface area contributed by atoms with Crippen LogP contribution in [-0.2, 0) is 0 Å². The summed E-state index contributed by atoms with van der Waals surface area (Å²) < 4.78 is 11.6. The van der Waals surface area contributed by atoms with Gasteiger partial charge in [0.05, 0.1) is 0 Å². The third-order valence-corrected chi connectivity index (χ3v) is 14.4. The molecule has 0 atom stereocenters. The molecule has 0 aliphatic rings. The van der Waals surface area contributed by atoms with E-state index in [1.54, 1.807) is 0 Å². The van der Waals surface area contributed by atoms with E-state index in [-0.39, 0.29) is 0 Å². The summed E-state index contributed by atoms with van der Waals surface area (Å²) in [7, 11) is 0. The number of rotatable bonds is 3. The molecule has 0 amide bonds. The van der Waals surface area contributed by atoms with E-state index in [0.717, 1.165) is 21.9 Å². The lowest BCUT2D eigenvalue weighted by atomic mass is 9.85. The molecule has 0 spiro atoms. The lowest BCUT2D eigenvalue weighted by Gasteiger charge is -2.18. The number of hydrogen-bond donors (Lipinski definition) is 0. The maximum atomic E-state index is 6.21.